The molecule has 1 N–H and O–H groups in total. The maximum absolute atomic E-state index is 13.8. The van der Waals surface area contributed by atoms with E-state index >= 15 is 0 Å². The number of ether oxygens (including phenoxy) is 1. The number of carbonyl (C=O) groups excluding carboxylic acids is 1. The van der Waals surface area contributed by atoms with Gasteiger partial charge in [0, 0.05) is 32.0 Å². The zero-order valence-corrected chi connectivity index (χ0v) is 20.9. The van der Waals surface area contributed by atoms with Gasteiger partial charge in [-0.3, -0.25) is 4.79 Å². The Bertz CT molecular complexity index is 1350. The molecule has 3 atom stereocenters. The number of hydrogen-bond acceptors (Lipinski definition) is 8. The molecule has 0 aliphatic carbocycles. The standard InChI is InChI=1S/C26H30N8O2/c1-5-34-24(20-11-27-18(4)28-12-20)32-22-23(29-15-30-25(22)34)31-21(19-9-7-6-8-10-19)26(35)33-13-16(2)36-17(3)14-33/h6-12,15-17,21H,5,13-14H2,1-4H3,(H,29,30,31)/t16-,17+,21-/m1/s1. The Balaban J connectivity index is 1.56. The van der Waals surface area contributed by atoms with Gasteiger partial charge in [-0.2, -0.15) is 0 Å². The number of morpholine rings is 1. The van der Waals surface area contributed by atoms with Gasteiger partial charge in [0.1, 0.15) is 24.0 Å². The lowest BCUT2D eigenvalue weighted by Gasteiger charge is -2.37. The minimum Gasteiger partial charge on any atom is -0.372 e. The van der Waals surface area contributed by atoms with Crippen molar-refractivity contribution in [1.82, 2.24) is 34.4 Å². The Morgan fingerprint density at radius 2 is 1.78 bits per heavy atom. The minimum absolute atomic E-state index is 0.0283. The lowest BCUT2D eigenvalue weighted by Crippen LogP contribution is -2.50. The van der Waals surface area contributed by atoms with Gasteiger partial charge in [0.15, 0.2) is 17.0 Å². The van der Waals surface area contributed by atoms with Crippen LogP contribution in [0.3, 0.4) is 0 Å². The molecule has 0 radical (unpaired) electrons. The molecule has 5 rings (SSSR count). The van der Waals surface area contributed by atoms with Crippen molar-refractivity contribution in [1.29, 1.82) is 0 Å². The molecule has 0 unspecified atom stereocenters. The monoisotopic (exact) mass is 486 g/mol. The number of imidazole rings is 1. The molecule has 1 amide bonds. The van der Waals surface area contributed by atoms with Crippen molar-refractivity contribution in [3.63, 3.8) is 0 Å². The third-order valence-electron chi connectivity index (χ3n) is 6.28. The summed E-state index contributed by atoms with van der Waals surface area (Å²) in [6.45, 7) is 9.58. The highest BCUT2D eigenvalue weighted by molar-refractivity contribution is 5.91. The number of amides is 1. The van der Waals surface area contributed by atoms with Gasteiger partial charge in [-0.25, -0.2) is 24.9 Å². The largest absolute Gasteiger partial charge is 0.372 e. The van der Waals surface area contributed by atoms with Gasteiger partial charge in [-0.1, -0.05) is 30.3 Å². The number of anilines is 1. The molecule has 1 aliphatic heterocycles. The van der Waals surface area contributed by atoms with E-state index in [1.165, 1.54) is 6.33 Å². The summed E-state index contributed by atoms with van der Waals surface area (Å²) in [5, 5.41) is 3.40. The zero-order valence-electron chi connectivity index (χ0n) is 20.9. The first-order valence-electron chi connectivity index (χ1n) is 12.2. The number of rotatable bonds is 6. The van der Waals surface area contributed by atoms with E-state index in [-0.39, 0.29) is 18.1 Å². The molecule has 1 fully saturated rings. The van der Waals surface area contributed by atoms with Crippen LogP contribution >= 0.6 is 0 Å². The fourth-order valence-corrected chi connectivity index (χ4v) is 4.68. The van der Waals surface area contributed by atoms with Gasteiger partial charge >= 0.3 is 0 Å². The van der Waals surface area contributed by atoms with E-state index in [1.807, 2.05) is 67.5 Å². The van der Waals surface area contributed by atoms with Crippen LogP contribution in [0, 0.1) is 6.92 Å². The Labute approximate surface area is 209 Å². The van der Waals surface area contributed by atoms with Crippen LogP contribution < -0.4 is 5.32 Å². The molecule has 1 aliphatic rings. The van der Waals surface area contributed by atoms with Crippen molar-refractivity contribution in [3.8, 4) is 11.4 Å². The van der Waals surface area contributed by atoms with E-state index < -0.39 is 6.04 Å². The number of benzene rings is 1. The van der Waals surface area contributed by atoms with Crippen LogP contribution in [0.25, 0.3) is 22.6 Å². The number of fused-ring (bicyclic) bond motifs is 1. The topological polar surface area (TPSA) is 111 Å². The van der Waals surface area contributed by atoms with E-state index in [0.717, 1.165) is 11.1 Å². The number of nitrogens with one attached hydrogen (secondary N) is 1. The normalized spacial score (nSPS) is 18.8. The van der Waals surface area contributed by atoms with Crippen LogP contribution in [0.1, 0.15) is 38.2 Å². The summed E-state index contributed by atoms with van der Waals surface area (Å²) >= 11 is 0. The van der Waals surface area contributed by atoms with Gasteiger partial charge in [0.05, 0.1) is 17.8 Å². The first-order chi connectivity index (χ1) is 17.4. The van der Waals surface area contributed by atoms with Gasteiger partial charge in [0.2, 0.25) is 5.91 Å². The number of hydrogen-bond donors (Lipinski definition) is 1. The highest BCUT2D eigenvalue weighted by Gasteiger charge is 2.32. The van der Waals surface area contributed by atoms with Crippen LogP contribution in [0.2, 0.25) is 0 Å². The first-order valence-corrected chi connectivity index (χ1v) is 12.2. The number of aromatic nitrogens is 6. The first kappa shape index (κ1) is 23.8. The average Bonchev–Trinajstić information content (AvgIpc) is 3.26. The van der Waals surface area contributed by atoms with E-state index in [9.17, 15) is 4.79 Å². The van der Waals surface area contributed by atoms with Crippen LogP contribution in [0.4, 0.5) is 5.82 Å². The highest BCUT2D eigenvalue weighted by Crippen LogP contribution is 2.29. The van der Waals surface area contributed by atoms with Gasteiger partial charge < -0.3 is 19.5 Å². The lowest BCUT2D eigenvalue weighted by atomic mass is 10.0. The second kappa shape index (κ2) is 9.98. The van der Waals surface area contributed by atoms with Crippen molar-refractivity contribution in [2.45, 2.75) is 52.5 Å². The van der Waals surface area contributed by atoms with Gasteiger partial charge in [0.25, 0.3) is 0 Å². The second-order valence-electron chi connectivity index (χ2n) is 9.08. The van der Waals surface area contributed by atoms with Crippen molar-refractivity contribution < 1.29 is 9.53 Å². The summed E-state index contributed by atoms with van der Waals surface area (Å²) in [7, 11) is 0. The molecular weight excluding hydrogens is 456 g/mol. The Morgan fingerprint density at radius 1 is 1.08 bits per heavy atom. The molecule has 10 nitrogen and oxygen atoms in total. The molecule has 0 bridgehead atoms. The SMILES string of the molecule is CCn1c(-c2cnc(C)nc2)nc2c(N[C@@H](C(=O)N3C[C@@H](C)O[C@@H](C)C3)c3ccccc3)ncnc21. The lowest BCUT2D eigenvalue weighted by molar-refractivity contribution is -0.144. The molecule has 0 spiro atoms. The van der Waals surface area contributed by atoms with Gasteiger partial charge in [-0.15, -0.1) is 0 Å². The molecule has 36 heavy (non-hydrogen) atoms. The summed E-state index contributed by atoms with van der Waals surface area (Å²) in [6.07, 6.45) is 4.96. The molecule has 3 aromatic heterocycles. The molecule has 186 valence electrons. The molecular formula is C26H30N8O2. The summed E-state index contributed by atoms with van der Waals surface area (Å²) < 4.78 is 7.85. The predicted octanol–water partition coefficient (Wildman–Crippen LogP) is 3.40. The number of aryl methyl sites for hydroxylation is 2. The van der Waals surface area contributed by atoms with Gasteiger partial charge in [-0.05, 0) is 33.3 Å². The molecule has 0 saturated carbocycles. The van der Waals surface area contributed by atoms with Crippen LogP contribution in [0.15, 0.2) is 49.1 Å². The van der Waals surface area contributed by atoms with Crippen molar-refractivity contribution in [2.24, 2.45) is 0 Å². The van der Waals surface area contributed by atoms with E-state index in [2.05, 4.69) is 25.3 Å². The Kier molecular flexibility index (Phi) is 6.60. The molecule has 4 heterocycles. The quantitative estimate of drug-likeness (QED) is 0.441. The number of carbonyl (C=O) groups is 1. The van der Waals surface area contributed by atoms with Crippen LogP contribution in [-0.2, 0) is 16.1 Å². The zero-order chi connectivity index (χ0) is 25.2. The third kappa shape index (κ3) is 4.64. The maximum Gasteiger partial charge on any atom is 0.249 e. The predicted molar refractivity (Wildman–Crippen MR) is 136 cm³/mol. The van der Waals surface area contributed by atoms with Crippen LogP contribution in [-0.4, -0.2) is 65.6 Å². The summed E-state index contributed by atoms with van der Waals surface area (Å²) in [5.41, 5.74) is 2.91. The smallest absolute Gasteiger partial charge is 0.249 e. The van der Waals surface area contributed by atoms with Crippen molar-refractivity contribution in [3.05, 3.63) is 60.4 Å². The summed E-state index contributed by atoms with van der Waals surface area (Å²) in [6, 6.07) is 9.05. The van der Waals surface area contributed by atoms with Crippen molar-refractivity contribution in [2.75, 3.05) is 18.4 Å². The molecule has 4 aromatic rings. The summed E-state index contributed by atoms with van der Waals surface area (Å²) in [5.74, 6) is 1.86. The second-order valence-corrected chi connectivity index (χ2v) is 9.08. The Hall–Kier alpha value is -3.92. The minimum atomic E-state index is -0.639. The summed E-state index contributed by atoms with van der Waals surface area (Å²) in [4.78, 5) is 38.2. The highest BCUT2D eigenvalue weighted by atomic mass is 16.5. The molecule has 10 heteroatoms. The van der Waals surface area contributed by atoms with E-state index in [0.29, 0.717) is 48.3 Å². The third-order valence-corrected chi connectivity index (χ3v) is 6.28. The van der Waals surface area contributed by atoms with E-state index in [1.54, 1.807) is 12.4 Å². The number of nitrogens with zero attached hydrogens (tertiary/aromatic N) is 7. The fraction of sp³-hybridized carbons (Fsp3) is 0.385. The maximum atomic E-state index is 13.8. The molecule has 1 aromatic carbocycles. The Morgan fingerprint density at radius 3 is 2.44 bits per heavy atom. The van der Waals surface area contributed by atoms with Crippen molar-refractivity contribution >= 4 is 22.9 Å². The fourth-order valence-electron chi connectivity index (χ4n) is 4.68. The van der Waals surface area contributed by atoms with E-state index in [4.69, 9.17) is 9.72 Å². The molecule has 1 saturated heterocycles. The van der Waals surface area contributed by atoms with Crippen LogP contribution in [0.5, 0.6) is 0 Å². The average molecular weight is 487 g/mol.